The maximum absolute atomic E-state index is 12.5. The highest BCUT2D eigenvalue weighted by molar-refractivity contribution is 7.14. The number of aromatic nitrogens is 1. The van der Waals surface area contributed by atoms with Crippen molar-refractivity contribution in [3.05, 3.63) is 53.1 Å². The van der Waals surface area contributed by atoms with Crippen LogP contribution < -0.4 is 15.4 Å². The number of benzene rings is 1. The van der Waals surface area contributed by atoms with Crippen LogP contribution in [0.15, 0.2) is 46.2 Å². The SMILES string of the molecule is CCOc1ccccc1C(=O)Nc1nc(-c2ccc(CNC(C)=O)o2)cs1. The summed E-state index contributed by atoms with van der Waals surface area (Å²) in [5, 5.41) is 7.71. The number of nitrogens with zero attached hydrogens (tertiary/aromatic N) is 1. The monoisotopic (exact) mass is 385 g/mol. The third kappa shape index (κ3) is 4.73. The largest absolute Gasteiger partial charge is 0.493 e. The molecule has 7 nitrogen and oxygen atoms in total. The number of carbonyl (C=O) groups is 2. The van der Waals surface area contributed by atoms with Gasteiger partial charge in [-0.05, 0) is 31.2 Å². The summed E-state index contributed by atoms with van der Waals surface area (Å²) in [7, 11) is 0. The van der Waals surface area contributed by atoms with Crippen molar-refractivity contribution < 1.29 is 18.7 Å². The second-order valence-electron chi connectivity index (χ2n) is 5.60. The maximum Gasteiger partial charge on any atom is 0.261 e. The molecule has 0 unspecified atom stereocenters. The van der Waals surface area contributed by atoms with Crippen molar-refractivity contribution in [3.8, 4) is 17.2 Å². The van der Waals surface area contributed by atoms with E-state index in [1.54, 1.807) is 35.7 Å². The Balaban J connectivity index is 1.69. The van der Waals surface area contributed by atoms with E-state index in [1.165, 1.54) is 18.3 Å². The Morgan fingerprint density at radius 2 is 2.04 bits per heavy atom. The van der Waals surface area contributed by atoms with Gasteiger partial charge in [0.25, 0.3) is 5.91 Å². The quantitative estimate of drug-likeness (QED) is 0.647. The number of ether oxygens (including phenoxy) is 1. The molecule has 0 aliphatic carbocycles. The van der Waals surface area contributed by atoms with Gasteiger partial charge >= 0.3 is 0 Å². The van der Waals surface area contributed by atoms with Crippen molar-refractivity contribution in [2.45, 2.75) is 20.4 Å². The van der Waals surface area contributed by atoms with Gasteiger partial charge in [0, 0.05) is 12.3 Å². The minimum absolute atomic E-state index is 0.126. The van der Waals surface area contributed by atoms with Gasteiger partial charge in [-0.15, -0.1) is 11.3 Å². The summed E-state index contributed by atoms with van der Waals surface area (Å²) in [4.78, 5) is 27.9. The van der Waals surface area contributed by atoms with Crippen molar-refractivity contribution in [2.75, 3.05) is 11.9 Å². The van der Waals surface area contributed by atoms with Gasteiger partial charge in [0.2, 0.25) is 5.91 Å². The molecule has 8 heteroatoms. The normalized spacial score (nSPS) is 10.4. The molecule has 27 heavy (non-hydrogen) atoms. The fourth-order valence-corrected chi connectivity index (χ4v) is 3.06. The molecular formula is C19H19N3O4S. The summed E-state index contributed by atoms with van der Waals surface area (Å²) in [6, 6.07) is 10.6. The summed E-state index contributed by atoms with van der Waals surface area (Å²) < 4.78 is 11.2. The Morgan fingerprint density at radius 1 is 1.22 bits per heavy atom. The predicted octanol–water partition coefficient (Wildman–Crippen LogP) is 3.69. The van der Waals surface area contributed by atoms with E-state index in [9.17, 15) is 9.59 Å². The Kier molecular flexibility index (Phi) is 5.87. The molecule has 3 aromatic rings. The summed E-state index contributed by atoms with van der Waals surface area (Å²) in [5.41, 5.74) is 1.06. The van der Waals surface area contributed by atoms with E-state index >= 15 is 0 Å². The lowest BCUT2D eigenvalue weighted by molar-refractivity contribution is -0.119. The molecule has 0 spiro atoms. The van der Waals surface area contributed by atoms with Gasteiger partial charge in [0.1, 0.15) is 17.2 Å². The maximum atomic E-state index is 12.5. The Bertz CT molecular complexity index is 948. The van der Waals surface area contributed by atoms with Gasteiger partial charge in [-0.1, -0.05) is 12.1 Å². The second kappa shape index (κ2) is 8.50. The minimum atomic E-state index is -0.286. The zero-order chi connectivity index (χ0) is 19.2. The van der Waals surface area contributed by atoms with E-state index in [2.05, 4.69) is 15.6 Å². The predicted molar refractivity (Wildman–Crippen MR) is 103 cm³/mol. The number of amides is 2. The number of furan rings is 1. The number of para-hydroxylation sites is 1. The number of thiazole rings is 1. The first-order valence-electron chi connectivity index (χ1n) is 8.39. The number of carbonyl (C=O) groups excluding carboxylic acids is 2. The molecule has 0 saturated heterocycles. The van der Waals surface area contributed by atoms with Crippen LogP contribution in [-0.4, -0.2) is 23.4 Å². The van der Waals surface area contributed by atoms with Crippen molar-refractivity contribution in [3.63, 3.8) is 0 Å². The lowest BCUT2D eigenvalue weighted by atomic mass is 10.2. The molecule has 2 aromatic heterocycles. The van der Waals surface area contributed by atoms with Crippen molar-refractivity contribution in [2.24, 2.45) is 0 Å². The van der Waals surface area contributed by atoms with Crippen molar-refractivity contribution in [1.82, 2.24) is 10.3 Å². The molecule has 0 radical (unpaired) electrons. The van der Waals surface area contributed by atoms with E-state index in [1.807, 2.05) is 13.0 Å². The fourth-order valence-electron chi connectivity index (χ4n) is 2.37. The van der Waals surface area contributed by atoms with Gasteiger partial charge in [-0.25, -0.2) is 4.98 Å². The standard InChI is InChI=1S/C19H19N3O4S/c1-3-25-16-7-5-4-6-14(16)18(24)22-19-21-15(11-27-19)17-9-8-13(26-17)10-20-12(2)23/h4-9,11H,3,10H2,1-2H3,(H,20,23)(H,21,22,24). The number of rotatable bonds is 7. The first-order valence-corrected chi connectivity index (χ1v) is 9.27. The summed E-state index contributed by atoms with van der Waals surface area (Å²) >= 11 is 1.30. The van der Waals surface area contributed by atoms with Gasteiger partial charge in [-0.3, -0.25) is 14.9 Å². The molecule has 0 bridgehead atoms. The molecular weight excluding hydrogens is 366 g/mol. The lowest BCUT2D eigenvalue weighted by Crippen LogP contribution is -2.18. The molecule has 1 aromatic carbocycles. The van der Waals surface area contributed by atoms with Crippen LogP contribution in [0, 0.1) is 0 Å². The first-order chi connectivity index (χ1) is 13.1. The number of anilines is 1. The first kappa shape index (κ1) is 18.7. The molecule has 0 fully saturated rings. The molecule has 140 valence electrons. The van der Waals surface area contributed by atoms with E-state index in [-0.39, 0.29) is 11.8 Å². The van der Waals surface area contributed by atoms with Crippen LogP contribution >= 0.6 is 11.3 Å². The highest BCUT2D eigenvalue weighted by Gasteiger charge is 2.15. The smallest absolute Gasteiger partial charge is 0.261 e. The average Bonchev–Trinajstić information content (AvgIpc) is 3.30. The van der Waals surface area contributed by atoms with E-state index in [4.69, 9.17) is 9.15 Å². The van der Waals surface area contributed by atoms with Crippen molar-refractivity contribution >= 4 is 28.3 Å². The number of hydrogen-bond acceptors (Lipinski definition) is 6. The molecule has 0 aliphatic rings. The van der Waals surface area contributed by atoms with E-state index < -0.39 is 0 Å². The molecule has 2 heterocycles. The average molecular weight is 385 g/mol. The Morgan fingerprint density at radius 3 is 2.81 bits per heavy atom. The van der Waals surface area contributed by atoms with Gasteiger partial charge in [0.15, 0.2) is 10.9 Å². The van der Waals surface area contributed by atoms with Crippen LogP contribution in [-0.2, 0) is 11.3 Å². The third-order valence-corrected chi connectivity index (χ3v) is 4.34. The van der Waals surface area contributed by atoms with Crippen LogP contribution in [0.2, 0.25) is 0 Å². The van der Waals surface area contributed by atoms with Crippen LogP contribution in [0.5, 0.6) is 5.75 Å². The van der Waals surface area contributed by atoms with Crippen LogP contribution in [0.25, 0.3) is 11.5 Å². The second-order valence-corrected chi connectivity index (χ2v) is 6.45. The molecule has 2 N–H and O–H groups in total. The fraction of sp³-hybridized carbons (Fsp3) is 0.211. The van der Waals surface area contributed by atoms with E-state index in [0.717, 1.165) is 0 Å². The van der Waals surface area contributed by atoms with Crippen LogP contribution in [0.3, 0.4) is 0 Å². The molecule has 3 rings (SSSR count). The van der Waals surface area contributed by atoms with Gasteiger partial charge in [-0.2, -0.15) is 0 Å². The topological polar surface area (TPSA) is 93.5 Å². The summed E-state index contributed by atoms with van der Waals surface area (Å²) in [6.45, 7) is 4.11. The van der Waals surface area contributed by atoms with Crippen LogP contribution in [0.4, 0.5) is 5.13 Å². The zero-order valence-electron chi connectivity index (χ0n) is 14.9. The number of nitrogens with one attached hydrogen (secondary N) is 2. The van der Waals surface area contributed by atoms with Crippen LogP contribution in [0.1, 0.15) is 30.0 Å². The lowest BCUT2D eigenvalue weighted by Gasteiger charge is -2.08. The highest BCUT2D eigenvalue weighted by Crippen LogP contribution is 2.27. The molecule has 0 saturated carbocycles. The molecule has 0 atom stereocenters. The Labute approximate surface area is 160 Å². The number of hydrogen-bond donors (Lipinski definition) is 2. The minimum Gasteiger partial charge on any atom is -0.493 e. The molecule has 0 aliphatic heterocycles. The third-order valence-electron chi connectivity index (χ3n) is 3.58. The highest BCUT2D eigenvalue weighted by atomic mass is 32.1. The summed E-state index contributed by atoms with van der Waals surface area (Å²) in [5.74, 6) is 1.32. The van der Waals surface area contributed by atoms with E-state index in [0.29, 0.717) is 46.8 Å². The molecule has 2 amide bonds. The summed E-state index contributed by atoms with van der Waals surface area (Å²) in [6.07, 6.45) is 0. The van der Waals surface area contributed by atoms with Gasteiger partial charge < -0.3 is 14.5 Å². The van der Waals surface area contributed by atoms with Gasteiger partial charge in [0.05, 0.1) is 18.7 Å². The Hall–Kier alpha value is -3.13. The zero-order valence-corrected chi connectivity index (χ0v) is 15.8. The van der Waals surface area contributed by atoms with Crippen molar-refractivity contribution in [1.29, 1.82) is 0 Å².